The normalized spacial score (nSPS) is 23.7. The number of aliphatic hydroxyl groups excluding tert-OH is 1. The molecule has 10 heteroatoms. The highest BCUT2D eigenvalue weighted by Gasteiger charge is 2.57. The second kappa shape index (κ2) is 11.3. The third-order valence-corrected chi connectivity index (χ3v) is 8.38. The third-order valence-electron chi connectivity index (χ3n) is 8.38. The first-order chi connectivity index (χ1) is 20.4. The number of benzene rings is 2. The number of nitro benzene ring substituents is 1. The Labute approximate surface area is 241 Å². The van der Waals surface area contributed by atoms with Crippen LogP contribution in [0, 0.1) is 27.9 Å². The zero-order valence-corrected chi connectivity index (χ0v) is 22.6. The van der Waals surface area contributed by atoms with E-state index in [0.717, 1.165) is 27.3 Å². The van der Waals surface area contributed by atoms with Gasteiger partial charge in [0, 0.05) is 24.2 Å². The zero-order chi connectivity index (χ0) is 29.4. The molecule has 0 saturated carbocycles. The van der Waals surface area contributed by atoms with Crippen LogP contribution in [0.2, 0.25) is 0 Å². The van der Waals surface area contributed by atoms with Gasteiger partial charge in [0.2, 0.25) is 11.8 Å². The minimum Gasteiger partial charge on any atom is -0.508 e. The molecule has 2 aromatic carbocycles. The highest BCUT2D eigenvalue weighted by atomic mass is 16.6. The molecular weight excluding hydrogens is 538 g/mol. The number of non-ortho nitro benzene ring substituents is 1. The van der Waals surface area contributed by atoms with E-state index in [-0.39, 0.29) is 48.8 Å². The molecule has 2 amide bonds. The number of aromatic hydroxyl groups is 1. The van der Waals surface area contributed by atoms with Crippen LogP contribution in [0.3, 0.4) is 0 Å². The number of carbonyl (C=O) groups is 2. The number of carbonyl (C=O) groups excluding carboxylic acids is 2. The molecule has 1 aliphatic carbocycles. The Morgan fingerprint density at radius 3 is 2.64 bits per heavy atom. The number of amides is 2. The quantitative estimate of drug-likeness (QED) is 0.175. The van der Waals surface area contributed by atoms with Crippen LogP contribution >= 0.6 is 0 Å². The molecule has 3 aromatic rings. The third kappa shape index (κ3) is 4.99. The number of nitro groups is 1. The maximum Gasteiger partial charge on any atom is 0.271 e. The second-order valence-electron chi connectivity index (χ2n) is 10.8. The first kappa shape index (κ1) is 27.5. The standard InChI is InChI=1S/C32H29N3O7/c36-17-21-15-25-30(32(39)34(31(25)38)22-6-4-7-23(16-22)35(40)41)26-18-42-28(29(21)26)11-10-20(27-9-1-2-12-33-27)13-19-5-3-8-24(37)14-19/h1-9,12-14,16,25-26,28,30,36-37H,10-11,15,17-18H2/b20-13-/t25-,26+,28-,30-/m1/s1. The first-order valence-electron chi connectivity index (χ1n) is 13.8. The lowest BCUT2D eigenvalue weighted by molar-refractivity contribution is -0.384. The first-order valence-corrected chi connectivity index (χ1v) is 13.8. The maximum atomic E-state index is 13.7. The number of hydrogen-bond acceptors (Lipinski definition) is 8. The number of aliphatic hydroxyl groups is 1. The SMILES string of the molecule is O=C1[C@@H]2[C@@H](CC(CO)=C3[C@@H](CC/C(=C/c4cccc(O)c4)c4ccccn4)OC[C@@H]32)C(=O)N1c1cccc([N+](=O)[O-])c1. The molecule has 0 radical (unpaired) electrons. The van der Waals surface area contributed by atoms with Crippen molar-refractivity contribution >= 4 is 34.8 Å². The predicted molar refractivity (Wildman–Crippen MR) is 154 cm³/mol. The Hall–Kier alpha value is -4.67. The van der Waals surface area contributed by atoms with E-state index < -0.39 is 28.6 Å². The van der Waals surface area contributed by atoms with E-state index in [2.05, 4.69) is 4.98 Å². The van der Waals surface area contributed by atoms with E-state index in [1.165, 1.54) is 24.3 Å². The Kier molecular flexibility index (Phi) is 7.40. The Balaban J connectivity index is 1.27. The summed E-state index contributed by atoms with van der Waals surface area (Å²) in [6.45, 7) is -0.0128. The summed E-state index contributed by atoms with van der Waals surface area (Å²) in [5.41, 5.74) is 4.11. The number of phenols is 1. The lowest BCUT2D eigenvalue weighted by Crippen LogP contribution is -2.35. The van der Waals surface area contributed by atoms with Gasteiger partial charge in [-0.2, -0.15) is 0 Å². The van der Waals surface area contributed by atoms with Crippen LogP contribution in [-0.4, -0.2) is 51.3 Å². The smallest absolute Gasteiger partial charge is 0.271 e. The number of anilines is 1. The summed E-state index contributed by atoms with van der Waals surface area (Å²) in [5, 5.41) is 31.6. The maximum absolute atomic E-state index is 13.7. The number of aromatic nitrogens is 1. The molecule has 0 unspecified atom stereocenters. The number of imide groups is 1. The van der Waals surface area contributed by atoms with E-state index in [1.54, 1.807) is 24.4 Å². The van der Waals surface area contributed by atoms with E-state index in [0.29, 0.717) is 18.4 Å². The molecule has 1 aromatic heterocycles. The summed E-state index contributed by atoms with van der Waals surface area (Å²) < 4.78 is 6.24. The average molecular weight is 568 g/mol. The number of phenolic OH excluding ortho intramolecular Hbond substituents is 1. The lowest BCUT2D eigenvalue weighted by Gasteiger charge is -2.31. The summed E-state index contributed by atoms with van der Waals surface area (Å²) in [5.74, 6) is -2.34. The second-order valence-corrected chi connectivity index (χ2v) is 10.8. The van der Waals surface area contributed by atoms with Crippen LogP contribution in [-0.2, 0) is 14.3 Å². The van der Waals surface area contributed by atoms with Crippen molar-refractivity contribution in [3.05, 3.63) is 105 Å². The van der Waals surface area contributed by atoms with Crippen molar-refractivity contribution in [1.82, 2.24) is 4.98 Å². The predicted octanol–water partition coefficient (Wildman–Crippen LogP) is 4.53. The van der Waals surface area contributed by atoms with Crippen molar-refractivity contribution in [2.45, 2.75) is 25.4 Å². The molecule has 42 heavy (non-hydrogen) atoms. The monoisotopic (exact) mass is 567 g/mol. The Bertz CT molecular complexity index is 1620. The highest BCUT2D eigenvalue weighted by Crippen LogP contribution is 2.50. The number of ether oxygens (including phenoxy) is 1. The minimum absolute atomic E-state index is 0.163. The van der Waals surface area contributed by atoms with Crippen molar-refractivity contribution in [1.29, 1.82) is 0 Å². The van der Waals surface area contributed by atoms with Crippen molar-refractivity contribution in [3.8, 4) is 5.75 Å². The van der Waals surface area contributed by atoms with Gasteiger partial charge < -0.3 is 14.9 Å². The summed E-state index contributed by atoms with van der Waals surface area (Å²) >= 11 is 0. The van der Waals surface area contributed by atoms with E-state index >= 15 is 0 Å². The van der Waals surface area contributed by atoms with E-state index in [1.807, 2.05) is 30.3 Å². The molecule has 4 atom stereocenters. The molecule has 2 aliphatic heterocycles. The molecule has 6 rings (SSSR count). The summed E-state index contributed by atoms with van der Waals surface area (Å²) in [4.78, 5) is 43.5. The summed E-state index contributed by atoms with van der Waals surface area (Å²) in [6.07, 6.45) is 4.71. The van der Waals surface area contributed by atoms with Crippen molar-refractivity contribution < 1.29 is 29.5 Å². The molecule has 2 saturated heterocycles. The number of fused-ring (bicyclic) bond motifs is 3. The molecule has 3 heterocycles. The fourth-order valence-corrected chi connectivity index (χ4v) is 6.55. The Morgan fingerprint density at radius 1 is 1.07 bits per heavy atom. The largest absolute Gasteiger partial charge is 0.508 e. The summed E-state index contributed by atoms with van der Waals surface area (Å²) in [7, 11) is 0. The fourth-order valence-electron chi connectivity index (χ4n) is 6.55. The Morgan fingerprint density at radius 2 is 1.90 bits per heavy atom. The highest BCUT2D eigenvalue weighted by molar-refractivity contribution is 6.22. The van der Waals surface area contributed by atoms with Crippen LogP contribution in [0.25, 0.3) is 11.6 Å². The number of rotatable bonds is 8. The van der Waals surface area contributed by atoms with E-state index in [9.17, 15) is 29.9 Å². The van der Waals surface area contributed by atoms with Gasteiger partial charge in [-0.25, -0.2) is 4.90 Å². The van der Waals surface area contributed by atoms with Crippen LogP contribution in [0.4, 0.5) is 11.4 Å². The van der Waals surface area contributed by atoms with Gasteiger partial charge in [-0.1, -0.05) is 24.3 Å². The molecular formula is C32H29N3O7. The van der Waals surface area contributed by atoms with Crippen molar-refractivity contribution in [3.63, 3.8) is 0 Å². The topological polar surface area (TPSA) is 143 Å². The molecule has 0 bridgehead atoms. The number of pyridine rings is 1. The molecule has 0 spiro atoms. The van der Waals surface area contributed by atoms with Gasteiger partial charge in [-0.3, -0.25) is 24.7 Å². The fraction of sp³-hybridized carbons (Fsp3) is 0.281. The number of nitrogens with zero attached hydrogens (tertiary/aromatic N) is 3. The molecule has 10 nitrogen and oxygen atoms in total. The lowest BCUT2D eigenvalue weighted by atomic mass is 9.69. The molecule has 2 N–H and O–H groups in total. The van der Waals surface area contributed by atoms with Gasteiger partial charge in [0.25, 0.3) is 5.69 Å². The number of hydrogen-bond donors (Lipinski definition) is 2. The van der Waals surface area contributed by atoms with Gasteiger partial charge in [-0.05, 0) is 78.0 Å². The molecule has 2 fully saturated rings. The van der Waals surface area contributed by atoms with Gasteiger partial charge in [0.05, 0.1) is 47.5 Å². The van der Waals surface area contributed by atoms with Gasteiger partial charge in [0.1, 0.15) is 5.75 Å². The van der Waals surface area contributed by atoms with Crippen LogP contribution in [0.5, 0.6) is 5.75 Å². The number of allylic oxidation sites excluding steroid dienone is 1. The summed E-state index contributed by atoms with van der Waals surface area (Å²) in [6, 6.07) is 18.1. The van der Waals surface area contributed by atoms with Crippen LogP contribution < -0.4 is 4.90 Å². The van der Waals surface area contributed by atoms with Crippen molar-refractivity contribution in [2.24, 2.45) is 17.8 Å². The minimum atomic E-state index is -0.662. The van der Waals surface area contributed by atoms with Crippen molar-refractivity contribution in [2.75, 3.05) is 18.1 Å². The molecule has 3 aliphatic rings. The average Bonchev–Trinajstić information content (AvgIpc) is 3.53. The van der Waals surface area contributed by atoms with Gasteiger partial charge >= 0.3 is 0 Å². The van der Waals surface area contributed by atoms with Crippen LogP contribution in [0.1, 0.15) is 30.5 Å². The van der Waals surface area contributed by atoms with Crippen LogP contribution in [0.15, 0.2) is 84.1 Å². The van der Waals surface area contributed by atoms with Gasteiger partial charge in [-0.15, -0.1) is 0 Å². The van der Waals surface area contributed by atoms with E-state index in [4.69, 9.17) is 4.74 Å². The zero-order valence-electron chi connectivity index (χ0n) is 22.6. The molecule has 214 valence electrons. The van der Waals surface area contributed by atoms with Gasteiger partial charge in [0.15, 0.2) is 0 Å².